The average molecular weight is 193 g/mol. The molecule has 0 fully saturated rings. The lowest BCUT2D eigenvalue weighted by Crippen LogP contribution is -2.27. The minimum absolute atomic E-state index is 0.133. The van der Waals surface area contributed by atoms with Crippen LogP contribution in [0.2, 0.25) is 0 Å². The molecule has 0 aliphatic rings. The highest BCUT2D eigenvalue weighted by Gasteiger charge is 2.05. The van der Waals surface area contributed by atoms with Gasteiger partial charge >= 0.3 is 0 Å². The van der Waals surface area contributed by atoms with E-state index in [1.807, 2.05) is 6.07 Å². The standard InChI is InChI=1S/C12H19NO/c1-4-11(13)8-14-12-9(2)6-5-7-10(12)3/h5-7,11H,4,8,13H2,1-3H3. The van der Waals surface area contributed by atoms with Crippen molar-refractivity contribution >= 4 is 0 Å². The molecule has 2 N–H and O–H groups in total. The van der Waals surface area contributed by atoms with Crippen molar-refractivity contribution in [2.75, 3.05) is 6.61 Å². The second-order valence-electron chi connectivity index (χ2n) is 3.70. The fraction of sp³-hybridized carbons (Fsp3) is 0.500. The summed E-state index contributed by atoms with van der Waals surface area (Å²) in [6, 6.07) is 6.28. The summed E-state index contributed by atoms with van der Waals surface area (Å²) >= 11 is 0. The van der Waals surface area contributed by atoms with Crippen LogP contribution in [0.4, 0.5) is 0 Å². The molecule has 0 aliphatic heterocycles. The molecule has 0 heterocycles. The predicted octanol–water partition coefficient (Wildman–Crippen LogP) is 2.42. The van der Waals surface area contributed by atoms with Gasteiger partial charge in [0.15, 0.2) is 0 Å². The van der Waals surface area contributed by atoms with Crippen molar-refractivity contribution in [3.05, 3.63) is 29.3 Å². The minimum atomic E-state index is 0.133. The normalized spacial score (nSPS) is 12.6. The van der Waals surface area contributed by atoms with Crippen LogP contribution in [0.15, 0.2) is 18.2 Å². The Bertz CT molecular complexity index is 276. The van der Waals surface area contributed by atoms with Gasteiger partial charge < -0.3 is 10.5 Å². The first kappa shape index (κ1) is 11.1. The molecule has 0 spiro atoms. The van der Waals surface area contributed by atoms with E-state index in [-0.39, 0.29) is 6.04 Å². The molecule has 0 radical (unpaired) electrons. The SMILES string of the molecule is CCC(N)COc1c(C)cccc1C. The van der Waals surface area contributed by atoms with Crippen LogP contribution in [0.25, 0.3) is 0 Å². The predicted molar refractivity (Wildman–Crippen MR) is 59.7 cm³/mol. The zero-order valence-corrected chi connectivity index (χ0v) is 9.21. The van der Waals surface area contributed by atoms with Crippen molar-refractivity contribution < 1.29 is 4.74 Å². The number of benzene rings is 1. The third-order valence-electron chi connectivity index (χ3n) is 2.37. The Labute approximate surface area is 86.1 Å². The van der Waals surface area contributed by atoms with Crippen molar-refractivity contribution in [1.82, 2.24) is 0 Å². The van der Waals surface area contributed by atoms with Crippen LogP contribution in [0, 0.1) is 13.8 Å². The molecule has 2 heteroatoms. The van der Waals surface area contributed by atoms with Crippen molar-refractivity contribution in [3.63, 3.8) is 0 Å². The number of hydrogen-bond acceptors (Lipinski definition) is 2. The van der Waals surface area contributed by atoms with Gasteiger partial charge in [0.2, 0.25) is 0 Å². The number of ether oxygens (including phenoxy) is 1. The zero-order chi connectivity index (χ0) is 10.6. The lowest BCUT2D eigenvalue weighted by molar-refractivity contribution is 0.282. The van der Waals surface area contributed by atoms with Gasteiger partial charge in [0.1, 0.15) is 12.4 Å². The van der Waals surface area contributed by atoms with Crippen LogP contribution in [0.5, 0.6) is 5.75 Å². The van der Waals surface area contributed by atoms with Crippen LogP contribution in [-0.4, -0.2) is 12.6 Å². The Morgan fingerprint density at radius 3 is 2.36 bits per heavy atom. The van der Waals surface area contributed by atoms with E-state index in [2.05, 4.69) is 32.9 Å². The number of rotatable bonds is 4. The first-order valence-corrected chi connectivity index (χ1v) is 5.09. The molecule has 0 bridgehead atoms. The number of aryl methyl sites for hydroxylation is 2. The monoisotopic (exact) mass is 193 g/mol. The topological polar surface area (TPSA) is 35.2 Å². The molecule has 1 aromatic rings. The third kappa shape index (κ3) is 2.74. The lowest BCUT2D eigenvalue weighted by Gasteiger charge is -2.14. The smallest absolute Gasteiger partial charge is 0.125 e. The van der Waals surface area contributed by atoms with Gasteiger partial charge in [0, 0.05) is 6.04 Å². The number of hydrogen-bond donors (Lipinski definition) is 1. The van der Waals surface area contributed by atoms with Crippen LogP contribution in [0.1, 0.15) is 24.5 Å². The summed E-state index contributed by atoms with van der Waals surface area (Å²) in [5, 5.41) is 0. The quantitative estimate of drug-likeness (QED) is 0.797. The first-order chi connectivity index (χ1) is 6.65. The van der Waals surface area contributed by atoms with E-state index in [1.54, 1.807) is 0 Å². The Morgan fingerprint density at radius 2 is 1.86 bits per heavy atom. The molecular formula is C12H19NO. The van der Waals surface area contributed by atoms with Gasteiger partial charge in [-0.2, -0.15) is 0 Å². The van der Waals surface area contributed by atoms with E-state index < -0.39 is 0 Å². The van der Waals surface area contributed by atoms with Gasteiger partial charge in [-0.05, 0) is 31.4 Å². The second kappa shape index (κ2) is 5.01. The van der Waals surface area contributed by atoms with Gasteiger partial charge in [0.05, 0.1) is 0 Å². The summed E-state index contributed by atoms with van der Waals surface area (Å²) < 4.78 is 5.70. The number of nitrogens with two attached hydrogens (primary N) is 1. The van der Waals surface area contributed by atoms with Gasteiger partial charge in [-0.3, -0.25) is 0 Å². The molecular weight excluding hydrogens is 174 g/mol. The fourth-order valence-corrected chi connectivity index (χ4v) is 1.34. The summed E-state index contributed by atoms with van der Waals surface area (Å²) in [4.78, 5) is 0. The van der Waals surface area contributed by atoms with E-state index in [1.165, 1.54) is 11.1 Å². The summed E-state index contributed by atoms with van der Waals surface area (Å²) in [5.41, 5.74) is 8.14. The lowest BCUT2D eigenvalue weighted by atomic mass is 10.1. The fourth-order valence-electron chi connectivity index (χ4n) is 1.34. The summed E-state index contributed by atoms with van der Waals surface area (Å²) in [5.74, 6) is 0.983. The highest BCUT2D eigenvalue weighted by Crippen LogP contribution is 2.22. The van der Waals surface area contributed by atoms with Crippen molar-refractivity contribution in [2.24, 2.45) is 5.73 Å². The van der Waals surface area contributed by atoms with Gasteiger partial charge in [-0.25, -0.2) is 0 Å². The molecule has 0 saturated heterocycles. The third-order valence-corrected chi connectivity index (χ3v) is 2.37. The summed E-state index contributed by atoms with van der Waals surface area (Å²) in [6.07, 6.45) is 0.949. The van der Waals surface area contributed by atoms with Gasteiger partial charge in [0.25, 0.3) is 0 Å². The van der Waals surface area contributed by atoms with E-state index >= 15 is 0 Å². The Balaban J connectivity index is 2.66. The van der Waals surface area contributed by atoms with Crippen molar-refractivity contribution in [1.29, 1.82) is 0 Å². The molecule has 1 unspecified atom stereocenters. The zero-order valence-electron chi connectivity index (χ0n) is 9.21. The van der Waals surface area contributed by atoms with E-state index in [4.69, 9.17) is 10.5 Å². The molecule has 0 saturated carbocycles. The first-order valence-electron chi connectivity index (χ1n) is 5.09. The van der Waals surface area contributed by atoms with Gasteiger partial charge in [-0.15, -0.1) is 0 Å². The molecule has 0 amide bonds. The van der Waals surface area contributed by atoms with E-state index in [0.717, 1.165) is 12.2 Å². The van der Waals surface area contributed by atoms with Crippen LogP contribution in [0.3, 0.4) is 0 Å². The molecule has 14 heavy (non-hydrogen) atoms. The highest BCUT2D eigenvalue weighted by atomic mass is 16.5. The second-order valence-corrected chi connectivity index (χ2v) is 3.70. The summed E-state index contributed by atoms with van der Waals surface area (Å²) in [6.45, 7) is 6.78. The van der Waals surface area contributed by atoms with Crippen molar-refractivity contribution in [3.8, 4) is 5.75 Å². The molecule has 78 valence electrons. The number of para-hydroxylation sites is 1. The Kier molecular flexibility index (Phi) is 3.96. The Hall–Kier alpha value is -1.02. The van der Waals surface area contributed by atoms with E-state index in [0.29, 0.717) is 6.61 Å². The molecule has 1 atom stereocenters. The largest absolute Gasteiger partial charge is 0.491 e. The average Bonchev–Trinajstić information content (AvgIpc) is 2.16. The van der Waals surface area contributed by atoms with Crippen LogP contribution in [-0.2, 0) is 0 Å². The molecule has 0 aromatic heterocycles. The maximum atomic E-state index is 5.80. The van der Waals surface area contributed by atoms with Crippen LogP contribution >= 0.6 is 0 Å². The van der Waals surface area contributed by atoms with Crippen molar-refractivity contribution in [2.45, 2.75) is 33.2 Å². The molecule has 1 rings (SSSR count). The Morgan fingerprint density at radius 1 is 1.29 bits per heavy atom. The maximum absolute atomic E-state index is 5.80. The molecule has 2 nitrogen and oxygen atoms in total. The van der Waals surface area contributed by atoms with E-state index in [9.17, 15) is 0 Å². The van der Waals surface area contributed by atoms with Crippen LogP contribution < -0.4 is 10.5 Å². The minimum Gasteiger partial charge on any atom is -0.491 e. The summed E-state index contributed by atoms with van der Waals surface area (Å²) in [7, 11) is 0. The molecule has 0 aliphatic carbocycles. The van der Waals surface area contributed by atoms with Gasteiger partial charge in [-0.1, -0.05) is 25.1 Å². The molecule has 1 aromatic carbocycles. The maximum Gasteiger partial charge on any atom is 0.125 e. The highest BCUT2D eigenvalue weighted by molar-refractivity contribution is 5.39.